The maximum atomic E-state index is 14.6. The van der Waals surface area contributed by atoms with Crippen LogP contribution in [-0.2, 0) is 0 Å². The van der Waals surface area contributed by atoms with Gasteiger partial charge in [0.15, 0.2) is 5.82 Å². The molecular formula is C21H22FN5OP2. The molecule has 1 saturated heterocycles. The molecular weight excluding hydrogens is 419 g/mol. The van der Waals surface area contributed by atoms with E-state index in [0.717, 1.165) is 19.5 Å². The quantitative estimate of drug-likeness (QED) is 0.622. The van der Waals surface area contributed by atoms with Gasteiger partial charge in [0, 0.05) is 47.7 Å². The Labute approximate surface area is 179 Å². The van der Waals surface area contributed by atoms with Gasteiger partial charge in [-0.3, -0.25) is 4.79 Å². The van der Waals surface area contributed by atoms with E-state index < -0.39 is 0 Å². The summed E-state index contributed by atoms with van der Waals surface area (Å²) >= 11 is 0. The first-order chi connectivity index (χ1) is 14.3. The zero-order valence-electron chi connectivity index (χ0n) is 16.5. The van der Waals surface area contributed by atoms with E-state index in [0.29, 0.717) is 34.0 Å². The van der Waals surface area contributed by atoms with Gasteiger partial charge in [-0.25, -0.2) is 19.3 Å². The number of benzene rings is 1. The molecule has 4 rings (SSSR count). The van der Waals surface area contributed by atoms with Crippen LogP contribution >= 0.6 is 18.5 Å². The van der Waals surface area contributed by atoms with Crippen LogP contribution in [0, 0.1) is 12.7 Å². The largest absolute Gasteiger partial charge is 0.354 e. The number of hydrogen-bond acceptors (Lipinski definition) is 5. The molecule has 6 nitrogen and oxygen atoms in total. The molecule has 1 aliphatic rings. The number of hydrogen-bond donors (Lipinski definition) is 1. The van der Waals surface area contributed by atoms with Gasteiger partial charge in [-0.1, -0.05) is 18.2 Å². The summed E-state index contributed by atoms with van der Waals surface area (Å²) in [6.07, 6.45) is 5.53. The Morgan fingerprint density at radius 1 is 1.13 bits per heavy atom. The second-order valence-electron chi connectivity index (χ2n) is 7.41. The van der Waals surface area contributed by atoms with Gasteiger partial charge in [-0.15, -0.1) is 18.5 Å². The zero-order chi connectivity index (χ0) is 21.3. The van der Waals surface area contributed by atoms with Crippen molar-refractivity contribution in [3.8, 4) is 11.1 Å². The molecule has 2 atom stereocenters. The molecule has 30 heavy (non-hydrogen) atoms. The summed E-state index contributed by atoms with van der Waals surface area (Å²) in [6.45, 7) is 3.26. The highest BCUT2D eigenvalue weighted by atomic mass is 31.1. The molecule has 154 valence electrons. The Kier molecular flexibility index (Phi) is 5.77. The van der Waals surface area contributed by atoms with Gasteiger partial charge in [-0.2, -0.15) is 0 Å². The van der Waals surface area contributed by atoms with Crippen molar-refractivity contribution in [1.82, 2.24) is 15.0 Å². The molecule has 0 saturated carbocycles. The Balaban J connectivity index is 1.79. The van der Waals surface area contributed by atoms with Crippen molar-refractivity contribution in [3.05, 3.63) is 66.1 Å². The number of aromatic nitrogens is 3. The lowest BCUT2D eigenvalue weighted by Gasteiger charge is -2.24. The zero-order valence-corrected chi connectivity index (χ0v) is 18.8. The topological polar surface area (TPSA) is 71.0 Å². The Morgan fingerprint density at radius 3 is 2.53 bits per heavy atom. The number of carbonyl (C=O) groups is 1. The molecule has 1 aromatic carbocycles. The predicted molar refractivity (Wildman–Crippen MR) is 123 cm³/mol. The summed E-state index contributed by atoms with van der Waals surface area (Å²) in [5, 5.41) is 2.94. The number of amides is 1. The number of nitrogens with zero attached hydrogens (tertiary/aromatic N) is 4. The smallest absolute Gasteiger partial charge is 0.258 e. The Bertz CT molecular complexity index is 1090. The number of aryl methyl sites for hydroxylation is 1. The van der Waals surface area contributed by atoms with Crippen LogP contribution in [-0.4, -0.2) is 38.8 Å². The average Bonchev–Trinajstić information content (AvgIpc) is 3.09. The van der Waals surface area contributed by atoms with E-state index in [-0.39, 0.29) is 16.6 Å². The summed E-state index contributed by atoms with van der Waals surface area (Å²) < 4.78 is 14.6. The third kappa shape index (κ3) is 4.33. The van der Waals surface area contributed by atoms with Crippen LogP contribution in [0.15, 0.2) is 48.9 Å². The molecule has 2 unspecified atom stereocenters. The maximum absolute atomic E-state index is 14.6. The molecule has 1 N–H and O–H groups in total. The van der Waals surface area contributed by atoms with Gasteiger partial charge in [0.2, 0.25) is 0 Å². The number of halogens is 1. The van der Waals surface area contributed by atoms with E-state index in [2.05, 4.69) is 43.6 Å². The molecule has 0 spiro atoms. The lowest BCUT2D eigenvalue weighted by Crippen LogP contribution is -2.26. The van der Waals surface area contributed by atoms with Crippen molar-refractivity contribution in [2.24, 2.45) is 0 Å². The predicted octanol–water partition coefficient (Wildman–Crippen LogP) is 3.90. The van der Waals surface area contributed by atoms with E-state index in [4.69, 9.17) is 0 Å². The average molecular weight is 441 g/mol. The van der Waals surface area contributed by atoms with Gasteiger partial charge < -0.3 is 10.2 Å². The van der Waals surface area contributed by atoms with Crippen molar-refractivity contribution in [1.29, 1.82) is 0 Å². The van der Waals surface area contributed by atoms with Crippen molar-refractivity contribution < 1.29 is 9.18 Å². The summed E-state index contributed by atoms with van der Waals surface area (Å²) in [6, 6.07) is 8.22. The molecule has 1 aliphatic heterocycles. The molecule has 0 radical (unpaired) electrons. The van der Waals surface area contributed by atoms with Crippen molar-refractivity contribution in [2.45, 2.75) is 18.2 Å². The normalized spacial score (nSPS) is 15.3. The summed E-state index contributed by atoms with van der Waals surface area (Å²) in [7, 11) is 5.70. The monoisotopic (exact) mass is 441 g/mol. The summed E-state index contributed by atoms with van der Waals surface area (Å²) in [4.78, 5) is 27.8. The van der Waals surface area contributed by atoms with E-state index in [1.54, 1.807) is 37.4 Å². The van der Waals surface area contributed by atoms with Crippen LogP contribution in [0.4, 0.5) is 15.9 Å². The molecule has 0 bridgehead atoms. The number of pyridine rings is 1. The third-order valence-electron chi connectivity index (χ3n) is 5.01. The van der Waals surface area contributed by atoms with Crippen LogP contribution in [0.3, 0.4) is 0 Å². The summed E-state index contributed by atoms with van der Waals surface area (Å²) in [5.41, 5.74) is 1.77. The van der Waals surface area contributed by atoms with Crippen LogP contribution in [0.5, 0.6) is 0 Å². The summed E-state index contributed by atoms with van der Waals surface area (Å²) in [5.74, 6) is 0.458. The third-order valence-corrected chi connectivity index (χ3v) is 5.95. The van der Waals surface area contributed by atoms with Crippen molar-refractivity contribution in [3.63, 3.8) is 0 Å². The van der Waals surface area contributed by atoms with Crippen LogP contribution < -0.4 is 10.2 Å². The molecule has 9 heteroatoms. The second-order valence-corrected chi connectivity index (χ2v) is 10.4. The minimum Gasteiger partial charge on any atom is -0.354 e. The standard InChI is InChI=1S/C21H22FN5OP2/c1-13-24-10-14(11-25-13)20(28)26-18-16(15-4-2-3-5-17(15)22)6-8-23-19(18)27-9-7-21(29,30)12-27/h2-6,8,10-11H,7,9,12,29-30H2,1H3,(H,26,28). The fraction of sp³-hybridized carbons (Fsp3) is 0.238. The van der Waals surface area contributed by atoms with Crippen LogP contribution in [0.2, 0.25) is 0 Å². The SMILES string of the molecule is Cc1ncc(C(=O)Nc2c(-c3ccccc3F)ccnc2N2CCC(P)(P)C2)cn1. The van der Waals surface area contributed by atoms with Crippen LogP contribution in [0.1, 0.15) is 22.6 Å². The van der Waals surface area contributed by atoms with Gasteiger partial charge in [0.1, 0.15) is 11.6 Å². The van der Waals surface area contributed by atoms with Gasteiger partial charge in [0.05, 0.1) is 11.3 Å². The first-order valence-electron chi connectivity index (χ1n) is 9.51. The highest BCUT2D eigenvalue weighted by molar-refractivity contribution is 7.40. The van der Waals surface area contributed by atoms with E-state index >= 15 is 0 Å². The molecule has 1 fully saturated rings. The Hall–Kier alpha value is -2.49. The molecule has 1 amide bonds. The number of carbonyl (C=O) groups excluding carboxylic acids is 1. The lowest BCUT2D eigenvalue weighted by atomic mass is 10.0. The number of rotatable bonds is 4. The van der Waals surface area contributed by atoms with Gasteiger partial charge in [0.25, 0.3) is 5.91 Å². The highest BCUT2D eigenvalue weighted by Gasteiger charge is 2.32. The first kappa shape index (κ1) is 20.8. The van der Waals surface area contributed by atoms with E-state index in [9.17, 15) is 9.18 Å². The first-order valence-corrected chi connectivity index (χ1v) is 10.7. The van der Waals surface area contributed by atoms with Gasteiger partial charge in [-0.05, 0) is 25.5 Å². The lowest BCUT2D eigenvalue weighted by molar-refractivity contribution is 0.102. The highest BCUT2D eigenvalue weighted by Crippen LogP contribution is 2.42. The fourth-order valence-corrected chi connectivity index (χ4v) is 4.15. The van der Waals surface area contributed by atoms with Gasteiger partial charge >= 0.3 is 0 Å². The van der Waals surface area contributed by atoms with Crippen LogP contribution in [0.25, 0.3) is 11.1 Å². The minimum atomic E-state index is -0.371. The van der Waals surface area contributed by atoms with E-state index in [1.165, 1.54) is 18.5 Å². The Morgan fingerprint density at radius 2 is 1.87 bits per heavy atom. The van der Waals surface area contributed by atoms with E-state index in [1.807, 2.05) is 0 Å². The number of nitrogens with one attached hydrogen (secondary N) is 1. The number of anilines is 2. The molecule has 0 aliphatic carbocycles. The molecule has 3 aromatic rings. The molecule has 2 aromatic heterocycles. The fourth-order valence-electron chi connectivity index (χ4n) is 3.45. The maximum Gasteiger partial charge on any atom is 0.258 e. The molecule has 3 heterocycles. The second kappa shape index (κ2) is 8.33. The van der Waals surface area contributed by atoms with Crippen molar-refractivity contribution >= 4 is 35.9 Å². The minimum absolute atomic E-state index is 0.0260. The van der Waals surface area contributed by atoms with Crippen molar-refractivity contribution in [2.75, 3.05) is 23.3 Å².